The van der Waals surface area contributed by atoms with E-state index in [9.17, 15) is 0 Å². The van der Waals surface area contributed by atoms with Gasteiger partial charge in [0.15, 0.2) is 0 Å². The summed E-state index contributed by atoms with van der Waals surface area (Å²) >= 11 is 0. The second-order valence-corrected chi connectivity index (χ2v) is 4.83. The van der Waals surface area contributed by atoms with Gasteiger partial charge in [0.25, 0.3) is 0 Å². The Morgan fingerprint density at radius 2 is 2.22 bits per heavy atom. The summed E-state index contributed by atoms with van der Waals surface area (Å²) in [6, 6.07) is 10.8. The van der Waals surface area contributed by atoms with Gasteiger partial charge in [0.1, 0.15) is 0 Å². The molecule has 94 valence electrons. The highest BCUT2D eigenvalue weighted by Gasteiger charge is 2.23. The van der Waals surface area contributed by atoms with Crippen LogP contribution in [0.4, 0.5) is 5.69 Å². The van der Waals surface area contributed by atoms with E-state index >= 15 is 0 Å². The Balaban J connectivity index is 2.00. The molecule has 0 aliphatic carbocycles. The average molecular weight is 241 g/mol. The zero-order valence-electron chi connectivity index (χ0n) is 10.8. The molecule has 2 aromatic rings. The summed E-state index contributed by atoms with van der Waals surface area (Å²) in [5.41, 5.74) is 4.03. The molecule has 3 nitrogen and oxygen atoms in total. The van der Waals surface area contributed by atoms with Crippen LogP contribution in [0.25, 0.3) is 0 Å². The molecular weight excluding hydrogens is 222 g/mol. The number of para-hydroxylation sites is 1. The van der Waals surface area contributed by atoms with Crippen molar-refractivity contribution in [1.29, 1.82) is 0 Å². The second-order valence-electron chi connectivity index (χ2n) is 4.83. The van der Waals surface area contributed by atoms with Crippen molar-refractivity contribution in [2.24, 2.45) is 0 Å². The van der Waals surface area contributed by atoms with Gasteiger partial charge in [-0.25, -0.2) is 0 Å². The van der Waals surface area contributed by atoms with Crippen LogP contribution >= 0.6 is 0 Å². The van der Waals surface area contributed by atoms with Crippen molar-refractivity contribution in [1.82, 2.24) is 9.78 Å². The van der Waals surface area contributed by atoms with Crippen molar-refractivity contribution >= 4 is 5.69 Å². The van der Waals surface area contributed by atoms with Gasteiger partial charge >= 0.3 is 0 Å². The summed E-state index contributed by atoms with van der Waals surface area (Å²) in [6.45, 7) is 4.25. The fourth-order valence-electron chi connectivity index (χ4n) is 2.81. The number of nitrogens with one attached hydrogen (secondary N) is 1. The van der Waals surface area contributed by atoms with Crippen LogP contribution < -0.4 is 5.32 Å². The Morgan fingerprint density at radius 1 is 1.33 bits per heavy atom. The summed E-state index contributed by atoms with van der Waals surface area (Å²) in [7, 11) is 0. The van der Waals surface area contributed by atoms with Crippen LogP contribution in [-0.4, -0.2) is 16.3 Å². The van der Waals surface area contributed by atoms with E-state index < -0.39 is 0 Å². The lowest BCUT2D eigenvalue weighted by Gasteiger charge is -2.27. The quantitative estimate of drug-likeness (QED) is 0.894. The first-order valence-corrected chi connectivity index (χ1v) is 6.74. The molecule has 18 heavy (non-hydrogen) atoms. The van der Waals surface area contributed by atoms with Crippen LogP contribution in [0.15, 0.2) is 36.5 Å². The lowest BCUT2D eigenvalue weighted by atomic mass is 9.88. The minimum Gasteiger partial charge on any atom is -0.385 e. The van der Waals surface area contributed by atoms with E-state index in [1.54, 1.807) is 0 Å². The largest absolute Gasteiger partial charge is 0.385 e. The van der Waals surface area contributed by atoms with Crippen molar-refractivity contribution in [3.63, 3.8) is 0 Å². The zero-order valence-corrected chi connectivity index (χ0v) is 10.8. The summed E-state index contributed by atoms with van der Waals surface area (Å²) in [4.78, 5) is 0. The van der Waals surface area contributed by atoms with Gasteiger partial charge in [-0.2, -0.15) is 5.10 Å². The third kappa shape index (κ3) is 1.90. The molecule has 1 atom stereocenters. The SMILES string of the molecule is CCCn1nccc1C1CCNc2ccccc21. The highest BCUT2D eigenvalue weighted by atomic mass is 15.3. The van der Waals surface area contributed by atoms with Gasteiger partial charge in [-0.15, -0.1) is 0 Å². The molecular formula is C15H19N3. The number of nitrogens with zero attached hydrogens (tertiary/aromatic N) is 2. The number of aryl methyl sites for hydroxylation is 1. The third-order valence-corrected chi connectivity index (χ3v) is 3.63. The number of hydrogen-bond acceptors (Lipinski definition) is 2. The maximum absolute atomic E-state index is 4.45. The van der Waals surface area contributed by atoms with Gasteiger partial charge < -0.3 is 5.32 Å². The minimum atomic E-state index is 0.483. The summed E-state index contributed by atoms with van der Waals surface area (Å²) < 4.78 is 2.16. The fourth-order valence-corrected chi connectivity index (χ4v) is 2.81. The highest BCUT2D eigenvalue weighted by molar-refractivity contribution is 5.56. The summed E-state index contributed by atoms with van der Waals surface area (Å²) in [5.74, 6) is 0.483. The lowest BCUT2D eigenvalue weighted by Crippen LogP contribution is -2.20. The molecule has 1 unspecified atom stereocenters. The monoisotopic (exact) mass is 241 g/mol. The molecule has 3 rings (SSSR count). The molecule has 0 saturated heterocycles. The molecule has 1 aliphatic rings. The Labute approximate surface area is 108 Å². The Kier molecular flexibility index (Phi) is 3.05. The summed E-state index contributed by atoms with van der Waals surface area (Å²) in [5, 5.41) is 7.93. The molecule has 2 heterocycles. The van der Waals surface area contributed by atoms with E-state index in [0.717, 1.165) is 25.9 Å². The Bertz CT molecular complexity index is 530. The lowest BCUT2D eigenvalue weighted by molar-refractivity contribution is 0.545. The predicted octanol–water partition coefficient (Wildman–Crippen LogP) is 3.24. The van der Waals surface area contributed by atoms with Crippen molar-refractivity contribution in [3.8, 4) is 0 Å². The van der Waals surface area contributed by atoms with Crippen molar-refractivity contribution in [2.45, 2.75) is 32.2 Å². The van der Waals surface area contributed by atoms with Gasteiger partial charge in [0.2, 0.25) is 0 Å². The normalized spacial score (nSPS) is 18.2. The van der Waals surface area contributed by atoms with Gasteiger partial charge in [0.05, 0.1) is 0 Å². The van der Waals surface area contributed by atoms with E-state index in [-0.39, 0.29) is 0 Å². The zero-order chi connectivity index (χ0) is 12.4. The van der Waals surface area contributed by atoms with E-state index in [2.05, 4.69) is 52.4 Å². The first-order valence-electron chi connectivity index (χ1n) is 6.74. The van der Waals surface area contributed by atoms with Gasteiger partial charge in [-0.3, -0.25) is 4.68 Å². The van der Waals surface area contributed by atoms with Crippen molar-refractivity contribution in [2.75, 3.05) is 11.9 Å². The van der Waals surface area contributed by atoms with Gasteiger partial charge in [-0.05, 0) is 30.5 Å². The predicted molar refractivity (Wildman–Crippen MR) is 73.9 cm³/mol. The van der Waals surface area contributed by atoms with Crippen LogP contribution in [0.3, 0.4) is 0 Å². The topological polar surface area (TPSA) is 29.9 Å². The number of aromatic nitrogens is 2. The first-order chi connectivity index (χ1) is 8.90. The second kappa shape index (κ2) is 4.84. The first kappa shape index (κ1) is 11.3. The molecule has 1 aliphatic heterocycles. The average Bonchev–Trinajstić information content (AvgIpc) is 2.87. The van der Waals surface area contributed by atoms with E-state index in [1.165, 1.54) is 16.9 Å². The fraction of sp³-hybridized carbons (Fsp3) is 0.400. The smallest absolute Gasteiger partial charge is 0.0492 e. The van der Waals surface area contributed by atoms with Crippen LogP contribution in [0, 0.1) is 0 Å². The maximum atomic E-state index is 4.45. The van der Waals surface area contributed by atoms with Crippen LogP contribution in [-0.2, 0) is 6.54 Å². The van der Waals surface area contributed by atoms with Crippen molar-refractivity contribution in [3.05, 3.63) is 47.8 Å². The van der Waals surface area contributed by atoms with Crippen LogP contribution in [0.2, 0.25) is 0 Å². The van der Waals surface area contributed by atoms with Gasteiger partial charge in [0, 0.05) is 36.6 Å². The Hall–Kier alpha value is -1.77. The highest BCUT2D eigenvalue weighted by Crippen LogP contribution is 2.36. The number of rotatable bonds is 3. The van der Waals surface area contributed by atoms with Crippen LogP contribution in [0.1, 0.15) is 36.9 Å². The van der Waals surface area contributed by atoms with E-state index in [1.807, 2.05) is 6.20 Å². The molecule has 3 heteroatoms. The van der Waals surface area contributed by atoms with Crippen LogP contribution in [0.5, 0.6) is 0 Å². The van der Waals surface area contributed by atoms with E-state index in [4.69, 9.17) is 0 Å². The van der Waals surface area contributed by atoms with Crippen molar-refractivity contribution < 1.29 is 0 Å². The number of fused-ring (bicyclic) bond motifs is 1. The van der Waals surface area contributed by atoms with Gasteiger partial charge in [-0.1, -0.05) is 25.1 Å². The molecule has 0 fully saturated rings. The molecule has 0 saturated carbocycles. The standard InChI is InChI=1S/C15H19N3/c1-2-11-18-15(8-10-17-18)13-7-9-16-14-6-4-3-5-12(13)14/h3-6,8,10,13,16H,2,7,9,11H2,1H3. The Morgan fingerprint density at radius 3 is 3.11 bits per heavy atom. The number of hydrogen-bond donors (Lipinski definition) is 1. The molecule has 1 aromatic carbocycles. The minimum absolute atomic E-state index is 0.483. The molecule has 1 aromatic heterocycles. The third-order valence-electron chi connectivity index (χ3n) is 3.63. The number of anilines is 1. The molecule has 0 radical (unpaired) electrons. The molecule has 1 N–H and O–H groups in total. The molecule has 0 bridgehead atoms. The van der Waals surface area contributed by atoms with E-state index in [0.29, 0.717) is 5.92 Å². The maximum Gasteiger partial charge on any atom is 0.0492 e. The molecule has 0 amide bonds. The summed E-state index contributed by atoms with van der Waals surface area (Å²) in [6.07, 6.45) is 4.20. The number of benzene rings is 1. The molecule has 0 spiro atoms.